The van der Waals surface area contributed by atoms with Crippen LogP contribution in [0.3, 0.4) is 0 Å². The van der Waals surface area contributed by atoms with Crippen molar-refractivity contribution in [1.29, 1.82) is 0 Å². The van der Waals surface area contributed by atoms with Crippen molar-refractivity contribution in [1.82, 2.24) is 0 Å². The van der Waals surface area contributed by atoms with Crippen molar-refractivity contribution >= 4 is 8.58 Å². The first-order chi connectivity index (χ1) is 6.47. The summed E-state index contributed by atoms with van der Waals surface area (Å²) in [4.78, 5) is 0. The van der Waals surface area contributed by atoms with E-state index in [1.54, 1.807) is 0 Å². The van der Waals surface area contributed by atoms with Gasteiger partial charge in [-0.15, -0.1) is 8.58 Å². The van der Waals surface area contributed by atoms with Gasteiger partial charge in [0.2, 0.25) is 0 Å². The standard InChI is InChI=1S/C13H27P/c1-10(2)12-8-13(4,9-12)7-6-11(3)14-5/h10-12,14H,6-9H2,1-5H3. The number of rotatable bonds is 5. The van der Waals surface area contributed by atoms with Crippen molar-refractivity contribution in [3.05, 3.63) is 0 Å². The van der Waals surface area contributed by atoms with E-state index in [1.165, 1.54) is 25.7 Å². The smallest absolute Gasteiger partial charge is 0.0267 e. The maximum absolute atomic E-state index is 2.50. The average molecular weight is 214 g/mol. The molecule has 2 atom stereocenters. The maximum Gasteiger partial charge on any atom is -0.0267 e. The lowest BCUT2D eigenvalue weighted by molar-refractivity contribution is 0.0334. The molecule has 0 N–H and O–H groups in total. The molecule has 1 aliphatic rings. The monoisotopic (exact) mass is 214 g/mol. The molecule has 2 unspecified atom stereocenters. The van der Waals surface area contributed by atoms with Gasteiger partial charge >= 0.3 is 0 Å². The van der Waals surface area contributed by atoms with Crippen molar-refractivity contribution in [3.63, 3.8) is 0 Å². The van der Waals surface area contributed by atoms with Crippen LogP contribution in [0.4, 0.5) is 0 Å². The zero-order valence-electron chi connectivity index (χ0n) is 10.6. The van der Waals surface area contributed by atoms with E-state index < -0.39 is 0 Å². The molecule has 1 fully saturated rings. The lowest BCUT2D eigenvalue weighted by Crippen LogP contribution is -2.37. The molecule has 0 aromatic heterocycles. The minimum absolute atomic E-state index is 0.711. The molecule has 84 valence electrons. The summed E-state index contributed by atoms with van der Waals surface area (Å²) in [6.45, 7) is 12.0. The van der Waals surface area contributed by atoms with Crippen LogP contribution in [0.1, 0.15) is 53.4 Å². The van der Waals surface area contributed by atoms with Gasteiger partial charge in [0, 0.05) is 0 Å². The lowest BCUT2D eigenvalue weighted by atomic mass is 9.58. The predicted octanol–water partition coefficient (Wildman–Crippen LogP) is 4.54. The molecule has 0 heterocycles. The molecule has 14 heavy (non-hydrogen) atoms. The lowest BCUT2D eigenvalue weighted by Gasteiger charge is -2.48. The third-order valence-electron chi connectivity index (χ3n) is 4.13. The molecule has 0 aliphatic heterocycles. The van der Waals surface area contributed by atoms with Crippen molar-refractivity contribution in [2.24, 2.45) is 17.3 Å². The Hall–Kier alpha value is 0.430. The zero-order valence-corrected chi connectivity index (χ0v) is 11.6. The molecule has 1 rings (SSSR count). The van der Waals surface area contributed by atoms with E-state index in [-0.39, 0.29) is 0 Å². The minimum Gasteiger partial charge on any atom is -0.122 e. The van der Waals surface area contributed by atoms with Crippen molar-refractivity contribution in [2.75, 3.05) is 6.66 Å². The van der Waals surface area contributed by atoms with E-state index in [1.807, 2.05) is 0 Å². The summed E-state index contributed by atoms with van der Waals surface area (Å²) in [6.07, 6.45) is 5.91. The highest BCUT2D eigenvalue weighted by Crippen LogP contribution is 2.51. The van der Waals surface area contributed by atoms with Gasteiger partial charge in [-0.1, -0.05) is 27.7 Å². The van der Waals surface area contributed by atoms with E-state index in [4.69, 9.17) is 0 Å². The summed E-state index contributed by atoms with van der Waals surface area (Å²) in [6, 6.07) is 0. The van der Waals surface area contributed by atoms with Gasteiger partial charge in [0.25, 0.3) is 0 Å². The zero-order chi connectivity index (χ0) is 10.8. The minimum atomic E-state index is 0.711. The number of hydrogen-bond donors (Lipinski definition) is 0. The van der Waals surface area contributed by atoms with E-state index in [0.29, 0.717) is 5.41 Å². The first-order valence-corrected chi connectivity index (χ1v) is 7.72. The third-order valence-corrected chi connectivity index (χ3v) is 5.40. The van der Waals surface area contributed by atoms with E-state index in [2.05, 4.69) is 34.4 Å². The number of hydrogen-bond acceptors (Lipinski definition) is 0. The molecule has 0 amide bonds. The molecule has 0 nitrogen and oxygen atoms in total. The Morgan fingerprint density at radius 3 is 2.29 bits per heavy atom. The predicted molar refractivity (Wildman–Crippen MR) is 68.6 cm³/mol. The van der Waals surface area contributed by atoms with E-state index in [9.17, 15) is 0 Å². The van der Waals surface area contributed by atoms with Gasteiger partial charge in [-0.2, -0.15) is 0 Å². The van der Waals surface area contributed by atoms with Crippen molar-refractivity contribution < 1.29 is 0 Å². The van der Waals surface area contributed by atoms with Gasteiger partial charge in [-0.3, -0.25) is 0 Å². The quantitative estimate of drug-likeness (QED) is 0.590. The fraction of sp³-hybridized carbons (Fsp3) is 1.00. The molecular weight excluding hydrogens is 187 g/mol. The summed E-state index contributed by atoms with van der Waals surface area (Å²) in [7, 11) is 1.13. The van der Waals surface area contributed by atoms with Gasteiger partial charge in [0.1, 0.15) is 0 Å². The van der Waals surface area contributed by atoms with E-state index >= 15 is 0 Å². The molecular formula is C13H27P. The van der Waals surface area contributed by atoms with Crippen LogP contribution in [0.25, 0.3) is 0 Å². The molecule has 1 heteroatoms. The topological polar surface area (TPSA) is 0 Å². The van der Waals surface area contributed by atoms with Crippen LogP contribution in [0.15, 0.2) is 0 Å². The second-order valence-corrected chi connectivity index (χ2v) is 7.51. The van der Waals surface area contributed by atoms with Crippen LogP contribution in [0.5, 0.6) is 0 Å². The molecule has 0 aromatic carbocycles. The van der Waals surface area contributed by atoms with Gasteiger partial charge in [0.05, 0.1) is 0 Å². The van der Waals surface area contributed by atoms with Gasteiger partial charge in [-0.05, 0) is 55.3 Å². The van der Waals surface area contributed by atoms with Crippen LogP contribution in [-0.4, -0.2) is 12.3 Å². The summed E-state index contributed by atoms with van der Waals surface area (Å²) < 4.78 is 0. The Morgan fingerprint density at radius 1 is 1.29 bits per heavy atom. The second kappa shape index (κ2) is 4.97. The summed E-state index contributed by atoms with van der Waals surface area (Å²) in [5.74, 6) is 1.94. The second-order valence-electron chi connectivity index (χ2n) is 5.95. The maximum atomic E-state index is 2.50. The molecule has 0 radical (unpaired) electrons. The highest BCUT2D eigenvalue weighted by atomic mass is 31.1. The Labute approximate surface area is 92.0 Å². The largest absolute Gasteiger partial charge is 0.122 e. The third kappa shape index (κ3) is 3.23. The van der Waals surface area contributed by atoms with Crippen molar-refractivity contribution in [2.45, 2.75) is 59.0 Å². The highest BCUT2D eigenvalue weighted by molar-refractivity contribution is 7.37. The molecule has 0 spiro atoms. The highest BCUT2D eigenvalue weighted by Gasteiger charge is 2.40. The van der Waals surface area contributed by atoms with Crippen LogP contribution in [0, 0.1) is 17.3 Å². The van der Waals surface area contributed by atoms with Crippen molar-refractivity contribution in [3.8, 4) is 0 Å². The Balaban J connectivity index is 2.20. The van der Waals surface area contributed by atoms with Crippen LogP contribution in [-0.2, 0) is 0 Å². The Morgan fingerprint density at radius 2 is 1.86 bits per heavy atom. The fourth-order valence-electron chi connectivity index (χ4n) is 2.59. The Bertz CT molecular complexity index is 168. The van der Waals surface area contributed by atoms with Crippen LogP contribution in [0.2, 0.25) is 0 Å². The normalized spacial score (nSPS) is 35.1. The first kappa shape index (κ1) is 12.5. The average Bonchev–Trinajstić information content (AvgIpc) is 2.09. The first-order valence-electron chi connectivity index (χ1n) is 6.14. The van der Waals surface area contributed by atoms with Gasteiger partial charge in [-0.25, -0.2) is 0 Å². The SMILES string of the molecule is CPC(C)CCC1(C)CC(C(C)C)C1. The molecule has 0 aromatic rings. The van der Waals surface area contributed by atoms with Crippen LogP contribution >= 0.6 is 8.58 Å². The summed E-state index contributed by atoms with van der Waals surface area (Å²) >= 11 is 0. The molecule has 1 aliphatic carbocycles. The summed E-state index contributed by atoms with van der Waals surface area (Å²) in [5, 5.41) is 0. The molecule has 0 bridgehead atoms. The Kier molecular flexibility index (Phi) is 4.44. The van der Waals surface area contributed by atoms with Gasteiger partial charge in [0.15, 0.2) is 0 Å². The molecule has 1 saturated carbocycles. The van der Waals surface area contributed by atoms with E-state index in [0.717, 1.165) is 26.1 Å². The molecule has 0 saturated heterocycles. The van der Waals surface area contributed by atoms with Gasteiger partial charge < -0.3 is 0 Å². The van der Waals surface area contributed by atoms with Crippen LogP contribution < -0.4 is 0 Å². The fourth-order valence-corrected chi connectivity index (χ4v) is 3.02. The summed E-state index contributed by atoms with van der Waals surface area (Å²) in [5.41, 5.74) is 1.67.